The van der Waals surface area contributed by atoms with Crippen molar-refractivity contribution in [2.75, 3.05) is 19.0 Å². The zero-order valence-electron chi connectivity index (χ0n) is 12.2. The fourth-order valence-electron chi connectivity index (χ4n) is 2.90. The lowest BCUT2D eigenvalue weighted by Crippen LogP contribution is -2.16. The minimum absolute atomic E-state index is 0.424. The van der Waals surface area contributed by atoms with Gasteiger partial charge in [-0.1, -0.05) is 44.3 Å². The molecule has 0 spiro atoms. The Morgan fingerprint density at radius 2 is 2.10 bits per heavy atom. The monoisotopic (exact) mass is 292 g/mol. The first kappa shape index (κ1) is 15.1. The molecule has 1 aliphatic rings. The number of rotatable bonds is 6. The molecule has 0 unspecified atom stereocenters. The number of hydrogen-bond acceptors (Lipinski definition) is 3. The van der Waals surface area contributed by atoms with Crippen LogP contribution in [0.3, 0.4) is 0 Å². The first-order valence-electron chi connectivity index (χ1n) is 7.42. The van der Waals surface area contributed by atoms with Gasteiger partial charge in [0, 0.05) is 23.9 Å². The molecule has 2 rings (SSSR count). The topological polar surface area (TPSA) is 47.3 Å². The highest BCUT2D eigenvalue weighted by Gasteiger charge is 2.13. The molecule has 1 aromatic rings. The molecule has 0 saturated heterocycles. The normalized spacial score (nSPS) is 15.8. The van der Waals surface area contributed by atoms with Crippen LogP contribution < -0.4 is 15.8 Å². The van der Waals surface area contributed by atoms with Gasteiger partial charge >= 0.3 is 0 Å². The highest BCUT2D eigenvalue weighted by Crippen LogP contribution is 2.27. The summed E-state index contributed by atoms with van der Waals surface area (Å²) in [7, 11) is 1.67. The Morgan fingerprint density at radius 1 is 1.35 bits per heavy atom. The summed E-state index contributed by atoms with van der Waals surface area (Å²) in [6, 6.07) is 5.78. The molecule has 1 fully saturated rings. The van der Waals surface area contributed by atoms with E-state index in [2.05, 4.69) is 5.32 Å². The number of thiocarbonyl (C=S) groups is 1. The first-order valence-corrected chi connectivity index (χ1v) is 7.83. The van der Waals surface area contributed by atoms with E-state index >= 15 is 0 Å². The second-order valence-electron chi connectivity index (χ2n) is 5.50. The molecule has 1 aliphatic carbocycles. The van der Waals surface area contributed by atoms with Crippen LogP contribution >= 0.6 is 12.2 Å². The molecule has 20 heavy (non-hydrogen) atoms. The van der Waals surface area contributed by atoms with E-state index in [1.807, 2.05) is 18.2 Å². The van der Waals surface area contributed by atoms with Gasteiger partial charge in [0.15, 0.2) is 0 Å². The van der Waals surface area contributed by atoms with E-state index < -0.39 is 0 Å². The van der Waals surface area contributed by atoms with E-state index in [1.54, 1.807) is 7.11 Å². The van der Waals surface area contributed by atoms with Gasteiger partial charge in [-0.15, -0.1) is 0 Å². The summed E-state index contributed by atoms with van der Waals surface area (Å²) in [4.78, 5) is 0.424. The molecule has 0 atom stereocenters. The highest BCUT2D eigenvalue weighted by molar-refractivity contribution is 7.80. The molecule has 3 nitrogen and oxygen atoms in total. The number of hydrogen-bond donors (Lipinski definition) is 2. The van der Waals surface area contributed by atoms with Crippen molar-refractivity contribution in [1.29, 1.82) is 0 Å². The fourth-order valence-corrected chi connectivity index (χ4v) is 3.08. The lowest BCUT2D eigenvalue weighted by Gasteiger charge is -2.22. The van der Waals surface area contributed by atoms with Gasteiger partial charge < -0.3 is 15.8 Å². The van der Waals surface area contributed by atoms with Gasteiger partial charge in [0.25, 0.3) is 0 Å². The van der Waals surface area contributed by atoms with Gasteiger partial charge in [-0.2, -0.15) is 0 Å². The Hall–Kier alpha value is -1.29. The number of anilines is 1. The number of nitrogens with two attached hydrogens (primary N) is 1. The highest BCUT2D eigenvalue weighted by atomic mass is 32.1. The van der Waals surface area contributed by atoms with Crippen molar-refractivity contribution < 1.29 is 4.74 Å². The molecule has 0 aliphatic heterocycles. The third-order valence-corrected chi connectivity index (χ3v) is 4.30. The standard InChI is InChI=1S/C16H24N2OS/c1-19-13-7-8-14(16(17)20)15(11-13)18-10-9-12-5-3-2-4-6-12/h7-8,11-12,18H,2-6,9-10H2,1H3,(H2,17,20). The van der Waals surface area contributed by atoms with Crippen molar-refractivity contribution in [2.45, 2.75) is 38.5 Å². The van der Waals surface area contributed by atoms with Crippen LogP contribution in [-0.4, -0.2) is 18.6 Å². The molecule has 1 aromatic carbocycles. The Kier molecular flexibility index (Phi) is 5.65. The lowest BCUT2D eigenvalue weighted by atomic mass is 9.87. The lowest BCUT2D eigenvalue weighted by molar-refractivity contribution is 0.345. The summed E-state index contributed by atoms with van der Waals surface area (Å²) in [6.45, 7) is 0.966. The van der Waals surface area contributed by atoms with Crippen molar-refractivity contribution in [3.63, 3.8) is 0 Å². The van der Waals surface area contributed by atoms with Crippen LogP contribution in [-0.2, 0) is 0 Å². The molecular formula is C16H24N2OS. The second kappa shape index (κ2) is 7.48. The predicted molar refractivity (Wildman–Crippen MR) is 88.6 cm³/mol. The van der Waals surface area contributed by atoms with Crippen LogP contribution in [0.4, 0.5) is 5.69 Å². The SMILES string of the molecule is COc1ccc(C(N)=S)c(NCCC2CCCCC2)c1. The van der Waals surface area contributed by atoms with Crippen LogP contribution in [0.1, 0.15) is 44.1 Å². The maximum absolute atomic E-state index is 5.77. The smallest absolute Gasteiger partial charge is 0.120 e. The van der Waals surface area contributed by atoms with E-state index in [-0.39, 0.29) is 0 Å². The number of methoxy groups -OCH3 is 1. The summed E-state index contributed by atoms with van der Waals surface area (Å²) in [5, 5.41) is 3.47. The van der Waals surface area contributed by atoms with Gasteiger partial charge in [-0.3, -0.25) is 0 Å². The molecule has 3 N–H and O–H groups in total. The van der Waals surface area contributed by atoms with Crippen molar-refractivity contribution >= 4 is 22.9 Å². The van der Waals surface area contributed by atoms with E-state index in [4.69, 9.17) is 22.7 Å². The van der Waals surface area contributed by atoms with Crippen LogP contribution in [0.5, 0.6) is 5.75 Å². The van der Waals surface area contributed by atoms with E-state index in [9.17, 15) is 0 Å². The molecule has 110 valence electrons. The summed E-state index contributed by atoms with van der Waals surface area (Å²) in [5.74, 6) is 1.69. The average molecular weight is 292 g/mol. The average Bonchev–Trinajstić information content (AvgIpc) is 2.48. The Balaban J connectivity index is 1.94. The Bertz CT molecular complexity index is 456. The number of nitrogens with one attached hydrogen (secondary N) is 1. The number of ether oxygens (including phenoxy) is 1. The third-order valence-electron chi connectivity index (χ3n) is 4.08. The summed E-state index contributed by atoms with van der Waals surface area (Å²) in [6.07, 6.45) is 8.16. The Labute approximate surface area is 126 Å². The largest absolute Gasteiger partial charge is 0.497 e. The summed E-state index contributed by atoms with van der Waals surface area (Å²) < 4.78 is 5.26. The maximum Gasteiger partial charge on any atom is 0.120 e. The zero-order chi connectivity index (χ0) is 14.4. The molecule has 0 radical (unpaired) electrons. The quantitative estimate of drug-likeness (QED) is 0.785. The first-order chi connectivity index (χ1) is 9.70. The Morgan fingerprint density at radius 3 is 2.75 bits per heavy atom. The van der Waals surface area contributed by atoms with Crippen LogP contribution in [0.15, 0.2) is 18.2 Å². The van der Waals surface area contributed by atoms with E-state index in [1.165, 1.54) is 38.5 Å². The zero-order valence-corrected chi connectivity index (χ0v) is 13.0. The maximum atomic E-state index is 5.77. The molecule has 0 aromatic heterocycles. The third kappa shape index (κ3) is 4.10. The van der Waals surface area contributed by atoms with Crippen molar-refractivity contribution in [1.82, 2.24) is 0 Å². The molecule has 0 amide bonds. The molecular weight excluding hydrogens is 268 g/mol. The summed E-state index contributed by atoms with van der Waals surface area (Å²) >= 11 is 5.10. The van der Waals surface area contributed by atoms with Gasteiger partial charge in [0.2, 0.25) is 0 Å². The van der Waals surface area contributed by atoms with Crippen molar-refractivity contribution in [3.8, 4) is 5.75 Å². The minimum atomic E-state index is 0.424. The molecule has 0 bridgehead atoms. The van der Waals surface area contributed by atoms with Crippen molar-refractivity contribution in [3.05, 3.63) is 23.8 Å². The van der Waals surface area contributed by atoms with E-state index in [0.29, 0.717) is 4.99 Å². The van der Waals surface area contributed by atoms with Gasteiger partial charge in [0.05, 0.1) is 7.11 Å². The second-order valence-corrected chi connectivity index (χ2v) is 5.94. The van der Waals surface area contributed by atoms with Crippen LogP contribution in [0, 0.1) is 5.92 Å². The molecule has 0 heterocycles. The van der Waals surface area contributed by atoms with Gasteiger partial charge in [0.1, 0.15) is 10.7 Å². The van der Waals surface area contributed by atoms with Gasteiger partial charge in [-0.25, -0.2) is 0 Å². The van der Waals surface area contributed by atoms with E-state index in [0.717, 1.165) is 29.5 Å². The fraction of sp³-hybridized carbons (Fsp3) is 0.562. The number of benzene rings is 1. The van der Waals surface area contributed by atoms with Crippen LogP contribution in [0.25, 0.3) is 0 Å². The van der Waals surface area contributed by atoms with Crippen molar-refractivity contribution in [2.24, 2.45) is 11.7 Å². The predicted octanol–water partition coefficient (Wildman–Crippen LogP) is 3.71. The van der Waals surface area contributed by atoms with Gasteiger partial charge in [-0.05, 0) is 24.5 Å². The summed E-state index contributed by atoms with van der Waals surface area (Å²) in [5.41, 5.74) is 7.64. The van der Waals surface area contributed by atoms with Crippen LogP contribution in [0.2, 0.25) is 0 Å². The molecule has 1 saturated carbocycles. The molecule has 4 heteroatoms. The minimum Gasteiger partial charge on any atom is -0.497 e.